The molecular weight excluding hydrogens is 330 g/mol. The number of unbranched alkanes of at least 4 members (excludes halogenated alkanes) is 2. The maximum Gasteiger partial charge on any atom is 0.133 e. The molecule has 0 saturated heterocycles. The molecule has 0 aromatic heterocycles. The van der Waals surface area contributed by atoms with E-state index in [0.717, 1.165) is 29.1 Å². The Morgan fingerprint density at radius 3 is 2.92 bits per heavy atom. The molecular formula is C21H31NO2S. The van der Waals surface area contributed by atoms with Crippen molar-refractivity contribution < 1.29 is 9.90 Å². The lowest BCUT2D eigenvalue weighted by Gasteiger charge is -2.42. The fraction of sp³-hybridized carbons (Fsp3) is 0.667. The number of rotatable bonds is 6. The van der Waals surface area contributed by atoms with E-state index in [9.17, 15) is 9.90 Å². The molecule has 1 aliphatic carbocycles. The predicted octanol–water partition coefficient (Wildman–Crippen LogP) is 5.36. The smallest absolute Gasteiger partial charge is 0.133 e. The highest BCUT2D eigenvalue weighted by atomic mass is 32.2. The topological polar surface area (TPSA) is 40.5 Å². The van der Waals surface area contributed by atoms with Crippen LogP contribution in [0.25, 0.3) is 0 Å². The van der Waals surface area contributed by atoms with Crippen molar-refractivity contribution in [1.82, 2.24) is 0 Å². The van der Waals surface area contributed by atoms with Gasteiger partial charge in [-0.3, -0.25) is 4.79 Å². The van der Waals surface area contributed by atoms with Gasteiger partial charge in [0.2, 0.25) is 0 Å². The van der Waals surface area contributed by atoms with Crippen molar-refractivity contribution in [2.45, 2.75) is 74.9 Å². The zero-order chi connectivity index (χ0) is 18.0. The van der Waals surface area contributed by atoms with Crippen LogP contribution >= 0.6 is 11.8 Å². The molecule has 3 rings (SSSR count). The van der Waals surface area contributed by atoms with Crippen LogP contribution in [-0.2, 0) is 4.79 Å². The van der Waals surface area contributed by atoms with Gasteiger partial charge in [0.25, 0.3) is 0 Å². The Morgan fingerprint density at radius 2 is 2.16 bits per heavy atom. The van der Waals surface area contributed by atoms with Crippen LogP contribution in [0.1, 0.15) is 70.3 Å². The number of nitrogens with zero attached hydrogens (tertiary/aromatic N) is 1. The van der Waals surface area contributed by atoms with Crippen molar-refractivity contribution in [3.05, 3.63) is 17.7 Å². The Kier molecular flexibility index (Phi) is 5.98. The first-order valence-corrected chi connectivity index (χ1v) is 10.6. The second-order valence-electron chi connectivity index (χ2n) is 7.83. The normalized spacial score (nSPS) is 24.0. The molecule has 0 radical (unpaired) electrons. The van der Waals surface area contributed by atoms with Gasteiger partial charge in [-0.25, -0.2) is 0 Å². The minimum Gasteiger partial charge on any atom is -0.508 e. The van der Waals surface area contributed by atoms with E-state index in [1.165, 1.54) is 25.7 Å². The lowest BCUT2D eigenvalue weighted by atomic mass is 9.72. The summed E-state index contributed by atoms with van der Waals surface area (Å²) in [7, 11) is 2.12. The molecule has 0 spiro atoms. The molecule has 1 heterocycles. The average Bonchev–Trinajstić information content (AvgIpc) is 2.56. The lowest BCUT2D eigenvalue weighted by molar-refractivity contribution is -0.121. The summed E-state index contributed by atoms with van der Waals surface area (Å²) in [5.74, 6) is 1.43. The molecule has 1 fully saturated rings. The molecule has 0 bridgehead atoms. The van der Waals surface area contributed by atoms with Gasteiger partial charge in [0, 0.05) is 53.7 Å². The van der Waals surface area contributed by atoms with E-state index in [1.807, 2.05) is 17.8 Å². The Hall–Kier alpha value is -1.16. The molecule has 1 saturated carbocycles. The standard InChI is InChI=1S/C21H31NO2S/c1-4-5-6-7-14(2)25-17-11-19-21(20(24)12-17)18-10-16(23)9-8-15(18)13-22(19)3/h11-12,14-15,18,24H,4-10,13H2,1-3H3. The first kappa shape index (κ1) is 18.6. The molecule has 1 N–H and O–H groups in total. The van der Waals surface area contributed by atoms with Gasteiger partial charge in [0.1, 0.15) is 11.5 Å². The number of hydrogen-bond donors (Lipinski definition) is 1. The third kappa shape index (κ3) is 4.16. The fourth-order valence-corrected chi connectivity index (χ4v) is 5.51. The number of phenolic OH excluding ortho intramolecular Hbond substituents is 1. The van der Waals surface area contributed by atoms with Gasteiger partial charge < -0.3 is 10.0 Å². The number of anilines is 1. The second kappa shape index (κ2) is 8.03. The van der Waals surface area contributed by atoms with Crippen molar-refractivity contribution in [2.24, 2.45) is 5.92 Å². The summed E-state index contributed by atoms with van der Waals surface area (Å²) in [5, 5.41) is 11.3. The number of phenols is 1. The van der Waals surface area contributed by atoms with Crippen LogP contribution in [0.4, 0.5) is 5.69 Å². The van der Waals surface area contributed by atoms with Gasteiger partial charge in [0.15, 0.2) is 0 Å². The van der Waals surface area contributed by atoms with Gasteiger partial charge >= 0.3 is 0 Å². The summed E-state index contributed by atoms with van der Waals surface area (Å²) in [6.45, 7) is 5.50. The average molecular weight is 362 g/mol. The summed E-state index contributed by atoms with van der Waals surface area (Å²) in [5.41, 5.74) is 2.13. The van der Waals surface area contributed by atoms with E-state index < -0.39 is 0 Å². The molecule has 2 aliphatic rings. The summed E-state index contributed by atoms with van der Waals surface area (Å²) >= 11 is 1.86. The van der Waals surface area contributed by atoms with Crippen LogP contribution in [0.3, 0.4) is 0 Å². The van der Waals surface area contributed by atoms with Crippen LogP contribution in [0.5, 0.6) is 5.75 Å². The number of thioether (sulfide) groups is 1. The molecule has 3 unspecified atom stereocenters. The van der Waals surface area contributed by atoms with E-state index in [0.29, 0.717) is 35.5 Å². The van der Waals surface area contributed by atoms with Crippen LogP contribution in [-0.4, -0.2) is 29.7 Å². The highest BCUT2D eigenvalue weighted by molar-refractivity contribution is 8.00. The lowest BCUT2D eigenvalue weighted by Crippen LogP contribution is -2.38. The SMILES string of the molecule is CCCCCC(C)Sc1cc(O)c2c(c1)N(C)CC1CCC(=O)CC21. The van der Waals surface area contributed by atoms with Crippen molar-refractivity contribution in [3.8, 4) is 5.75 Å². The van der Waals surface area contributed by atoms with Crippen molar-refractivity contribution in [2.75, 3.05) is 18.5 Å². The third-order valence-electron chi connectivity index (χ3n) is 5.76. The van der Waals surface area contributed by atoms with E-state index in [4.69, 9.17) is 0 Å². The molecule has 25 heavy (non-hydrogen) atoms. The second-order valence-corrected chi connectivity index (χ2v) is 9.34. The highest BCUT2D eigenvalue weighted by Gasteiger charge is 2.38. The van der Waals surface area contributed by atoms with Crippen LogP contribution in [0.15, 0.2) is 17.0 Å². The number of aromatic hydroxyl groups is 1. The van der Waals surface area contributed by atoms with Crippen molar-refractivity contribution in [3.63, 3.8) is 0 Å². The number of Topliss-reactive ketones (excluding diaryl/α,β-unsaturated/α-hetero) is 1. The quantitative estimate of drug-likeness (QED) is 0.547. The Morgan fingerprint density at radius 1 is 1.36 bits per heavy atom. The molecule has 0 amide bonds. The minimum absolute atomic E-state index is 0.202. The molecule has 3 atom stereocenters. The highest BCUT2D eigenvalue weighted by Crippen LogP contribution is 2.50. The zero-order valence-corrected chi connectivity index (χ0v) is 16.6. The van der Waals surface area contributed by atoms with Crippen LogP contribution in [0, 0.1) is 5.92 Å². The van der Waals surface area contributed by atoms with Gasteiger partial charge in [0.05, 0.1) is 0 Å². The summed E-state index contributed by atoms with van der Waals surface area (Å²) in [6.07, 6.45) is 7.28. The number of ketones is 1. The summed E-state index contributed by atoms with van der Waals surface area (Å²) in [4.78, 5) is 15.4. The van der Waals surface area contributed by atoms with E-state index in [-0.39, 0.29) is 5.92 Å². The zero-order valence-electron chi connectivity index (χ0n) is 15.8. The molecule has 1 aliphatic heterocycles. The molecule has 3 nitrogen and oxygen atoms in total. The van der Waals surface area contributed by atoms with Crippen molar-refractivity contribution in [1.29, 1.82) is 0 Å². The monoisotopic (exact) mass is 361 g/mol. The molecule has 138 valence electrons. The predicted molar refractivity (Wildman–Crippen MR) is 106 cm³/mol. The van der Waals surface area contributed by atoms with Crippen LogP contribution < -0.4 is 4.90 Å². The number of fused-ring (bicyclic) bond motifs is 3. The molecule has 1 aromatic carbocycles. The van der Waals surface area contributed by atoms with E-state index >= 15 is 0 Å². The Balaban J connectivity index is 1.81. The first-order valence-electron chi connectivity index (χ1n) is 9.76. The molecule has 1 aromatic rings. The number of benzene rings is 1. The largest absolute Gasteiger partial charge is 0.508 e. The van der Waals surface area contributed by atoms with Crippen molar-refractivity contribution >= 4 is 23.2 Å². The Bertz CT molecular complexity index is 631. The van der Waals surface area contributed by atoms with Gasteiger partial charge in [-0.15, -0.1) is 11.8 Å². The first-order chi connectivity index (χ1) is 12.0. The van der Waals surface area contributed by atoms with Gasteiger partial charge in [-0.05, 0) is 30.9 Å². The summed E-state index contributed by atoms with van der Waals surface area (Å²) < 4.78 is 0. The Labute approximate surface area is 156 Å². The number of carbonyl (C=O) groups is 1. The van der Waals surface area contributed by atoms with Gasteiger partial charge in [-0.1, -0.05) is 33.1 Å². The van der Waals surface area contributed by atoms with E-state index in [2.05, 4.69) is 31.9 Å². The molecule has 4 heteroatoms. The number of hydrogen-bond acceptors (Lipinski definition) is 4. The van der Waals surface area contributed by atoms with Gasteiger partial charge in [-0.2, -0.15) is 0 Å². The number of carbonyl (C=O) groups excluding carboxylic acids is 1. The van der Waals surface area contributed by atoms with E-state index in [1.54, 1.807) is 0 Å². The maximum atomic E-state index is 12.0. The minimum atomic E-state index is 0.202. The third-order valence-corrected chi connectivity index (χ3v) is 6.91. The van der Waals surface area contributed by atoms with Crippen LogP contribution in [0.2, 0.25) is 0 Å². The summed E-state index contributed by atoms with van der Waals surface area (Å²) in [6, 6.07) is 4.15. The fourth-order valence-electron chi connectivity index (χ4n) is 4.40. The maximum absolute atomic E-state index is 12.0.